The van der Waals surface area contributed by atoms with E-state index in [0.29, 0.717) is 5.56 Å². The minimum absolute atomic E-state index is 0.148. The molecule has 7 heteroatoms. The summed E-state index contributed by atoms with van der Waals surface area (Å²) in [5, 5.41) is 31.1. The summed E-state index contributed by atoms with van der Waals surface area (Å²) in [4.78, 5) is 11.5. The maximum atomic E-state index is 13.7. The van der Waals surface area contributed by atoms with E-state index < -0.39 is 29.7 Å². The molecule has 2 unspecified atom stereocenters. The summed E-state index contributed by atoms with van der Waals surface area (Å²) < 4.78 is 18.7. The van der Waals surface area contributed by atoms with E-state index in [1.807, 2.05) is 0 Å². The van der Waals surface area contributed by atoms with Crippen LogP contribution in [0.2, 0.25) is 0 Å². The van der Waals surface area contributed by atoms with Gasteiger partial charge in [-0.15, -0.1) is 0 Å². The van der Waals surface area contributed by atoms with Gasteiger partial charge in [-0.25, -0.2) is 9.18 Å². The molecule has 0 aliphatic rings. The van der Waals surface area contributed by atoms with Crippen LogP contribution in [0, 0.1) is 5.82 Å². The number of ether oxygens (including phenoxy) is 1. The molecule has 124 valence electrons. The van der Waals surface area contributed by atoms with E-state index in [-0.39, 0.29) is 18.7 Å². The molecule has 0 aliphatic carbocycles. The van der Waals surface area contributed by atoms with Crippen LogP contribution in [0.5, 0.6) is 0 Å². The number of aliphatic hydroxyl groups is 3. The molecule has 1 rings (SSSR count). The van der Waals surface area contributed by atoms with Crippen LogP contribution in [0.15, 0.2) is 18.2 Å². The highest BCUT2D eigenvalue weighted by molar-refractivity contribution is 5.67. The summed E-state index contributed by atoms with van der Waals surface area (Å²) >= 11 is 0. The fourth-order valence-electron chi connectivity index (χ4n) is 1.74. The molecule has 0 saturated heterocycles. The molecule has 1 aromatic rings. The van der Waals surface area contributed by atoms with Crippen LogP contribution in [0.1, 0.15) is 38.0 Å². The number of nitrogens with one attached hydrogen (secondary N) is 1. The van der Waals surface area contributed by atoms with E-state index in [4.69, 9.17) is 9.84 Å². The Morgan fingerprint density at radius 2 is 2.00 bits per heavy atom. The number of amides is 1. The zero-order valence-electron chi connectivity index (χ0n) is 12.8. The fourth-order valence-corrected chi connectivity index (χ4v) is 1.74. The first-order chi connectivity index (χ1) is 10.1. The summed E-state index contributed by atoms with van der Waals surface area (Å²) in [6.45, 7) is 4.44. The second kappa shape index (κ2) is 7.53. The largest absolute Gasteiger partial charge is 0.444 e. The topological polar surface area (TPSA) is 99.0 Å². The van der Waals surface area contributed by atoms with Crippen molar-refractivity contribution in [2.75, 3.05) is 6.54 Å². The van der Waals surface area contributed by atoms with Gasteiger partial charge in [0.2, 0.25) is 0 Å². The van der Waals surface area contributed by atoms with Crippen molar-refractivity contribution in [1.29, 1.82) is 0 Å². The molecule has 0 fully saturated rings. The van der Waals surface area contributed by atoms with E-state index in [1.165, 1.54) is 12.1 Å². The van der Waals surface area contributed by atoms with E-state index in [2.05, 4.69) is 5.32 Å². The molecule has 0 aromatic heterocycles. The first kappa shape index (κ1) is 18.3. The predicted molar refractivity (Wildman–Crippen MR) is 77.5 cm³/mol. The summed E-state index contributed by atoms with van der Waals surface area (Å²) in [6.07, 6.45) is -3.71. The molecule has 0 saturated carbocycles. The number of alkyl carbamates (subject to hydrolysis) is 1. The number of rotatable bonds is 5. The molecule has 1 aromatic carbocycles. The highest BCUT2D eigenvalue weighted by atomic mass is 19.1. The second-order valence-corrected chi connectivity index (χ2v) is 5.91. The van der Waals surface area contributed by atoms with Gasteiger partial charge in [-0.1, -0.05) is 6.07 Å². The Morgan fingerprint density at radius 3 is 2.55 bits per heavy atom. The third-order valence-electron chi connectivity index (χ3n) is 2.78. The monoisotopic (exact) mass is 315 g/mol. The Morgan fingerprint density at radius 1 is 1.36 bits per heavy atom. The van der Waals surface area contributed by atoms with Gasteiger partial charge >= 0.3 is 6.09 Å². The summed E-state index contributed by atoms with van der Waals surface area (Å²) in [7, 11) is 0. The van der Waals surface area contributed by atoms with Gasteiger partial charge in [-0.05, 0) is 38.5 Å². The fraction of sp³-hybridized carbons (Fsp3) is 0.533. The second-order valence-electron chi connectivity index (χ2n) is 5.91. The molecule has 0 spiro atoms. The van der Waals surface area contributed by atoms with Crippen molar-refractivity contribution < 1.29 is 29.2 Å². The summed E-state index contributed by atoms with van der Waals surface area (Å²) in [5.41, 5.74) is -0.428. The van der Waals surface area contributed by atoms with E-state index in [9.17, 15) is 19.4 Å². The molecule has 0 aliphatic heterocycles. The Hall–Kier alpha value is -1.70. The highest BCUT2D eigenvalue weighted by Crippen LogP contribution is 2.21. The number of aliphatic hydroxyl groups excluding tert-OH is 3. The molecular weight excluding hydrogens is 293 g/mol. The van der Waals surface area contributed by atoms with Crippen molar-refractivity contribution in [3.63, 3.8) is 0 Å². The first-order valence-electron chi connectivity index (χ1n) is 6.86. The van der Waals surface area contributed by atoms with Crippen molar-refractivity contribution in [2.45, 2.75) is 45.2 Å². The van der Waals surface area contributed by atoms with Gasteiger partial charge in [0.25, 0.3) is 0 Å². The van der Waals surface area contributed by atoms with Crippen molar-refractivity contribution in [3.05, 3.63) is 35.1 Å². The standard InChI is InChI=1S/C15H22FNO5/c1-15(2,3)22-14(21)17-7-12(19)13(20)10-6-9(8-18)4-5-11(10)16/h4-6,12-13,18-20H,7-8H2,1-3H3,(H,17,21). The van der Waals surface area contributed by atoms with E-state index in [1.54, 1.807) is 20.8 Å². The lowest BCUT2D eigenvalue weighted by Crippen LogP contribution is -2.39. The number of hydrogen-bond donors (Lipinski definition) is 4. The summed E-state index contributed by atoms with van der Waals surface area (Å²) in [5.74, 6) is -0.707. The zero-order chi connectivity index (χ0) is 16.9. The number of carbonyl (C=O) groups excluding carboxylic acids is 1. The highest BCUT2D eigenvalue weighted by Gasteiger charge is 2.23. The van der Waals surface area contributed by atoms with Crippen molar-refractivity contribution in [2.24, 2.45) is 0 Å². The Balaban J connectivity index is 2.65. The van der Waals surface area contributed by atoms with Gasteiger partial charge < -0.3 is 25.4 Å². The van der Waals surface area contributed by atoms with Crippen LogP contribution in [0.25, 0.3) is 0 Å². The molecule has 0 heterocycles. The van der Waals surface area contributed by atoms with E-state index >= 15 is 0 Å². The quantitative estimate of drug-likeness (QED) is 0.655. The third-order valence-corrected chi connectivity index (χ3v) is 2.78. The molecule has 6 nitrogen and oxygen atoms in total. The maximum absolute atomic E-state index is 13.7. The maximum Gasteiger partial charge on any atom is 0.407 e. The lowest BCUT2D eigenvalue weighted by molar-refractivity contribution is 0.0112. The van der Waals surface area contributed by atoms with Gasteiger partial charge in [-0.2, -0.15) is 0 Å². The molecule has 0 radical (unpaired) electrons. The third kappa shape index (κ3) is 5.59. The molecular formula is C15H22FNO5. The summed E-state index contributed by atoms with van der Waals surface area (Å²) in [6, 6.07) is 3.73. The first-order valence-corrected chi connectivity index (χ1v) is 6.86. The minimum atomic E-state index is -1.54. The van der Waals surface area contributed by atoms with Crippen LogP contribution in [0.3, 0.4) is 0 Å². The van der Waals surface area contributed by atoms with Crippen LogP contribution < -0.4 is 5.32 Å². The van der Waals surface area contributed by atoms with Crippen molar-refractivity contribution in [1.82, 2.24) is 5.32 Å². The molecule has 22 heavy (non-hydrogen) atoms. The average molecular weight is 315 g/mol. The van der Waals surface area contributed by atoms with Crippen LogP contribution in [-0.4, -0.2) is 39.7 Å². The Kier molecular flexibility index (Phi) is 6.28. The number of halogens is 1. The lowest BCUT2D eigenvalue weighted by Gasteiger charge is -2.22. The lowest BCUT2D eigenvalue weighted by atomic mass is 10.0. The minimum Gasteiger partial charge on any atom is -0.444 e. The number of benzene rings is 1. The molecule has 0 bridgehead atoms. The van der Waals surface area contributed by atoms with E-state index in [0.717, 1.165) is 6.07 Å². The van der Waals surface area contributed by atoms with Crippen molar-refractivity contribution >= 4 is 6.09 Å². The number of carbonyl (C=O) groups is 1. The van der Waals surface area contributed by atoms with Gasteiger partial charge in [0.05, 0.1) is 6.61 Å². The normalized spacial score (nSPS) is 14.3. The van der Waals surface area contributed by atoms with Gasteiger partial charge in [0.15, 0.2) is 0 Å². The SMILES string of the molecule is CC(C)(C)OC(=O)NCC(O)C(O)c1cc(CO)ccc1F. The number of hydrogen-bond acceptors (Lipinski definition) is 5. The Bertz CT molecular complexity index is 515. The van der Waals surface area contributed by atoms with Gasteiger partial charge in [0, 0.05) is 12.1 Å². The van der Waals surface area contributed by atoms with Crippen LogP contribution >= 0.6 is 0 Å². The average Bonchev–Trinajstić information content (AvgIpc) is 2.42. The van der Waals surface area contributed by atoms with Gasteiger partial charge in [-0.3, -0.25) is 0 Å². The van der Waals surface area contributed by atoms with Gasteiger partial charge in [0.1, 0.15) is 23.6 Å². The smallest absolute Gasteiger partial charge is 0.407 e. The molecule has 1 amide bonds. The Labute approximate surface area is 128 Å². The van der Waals surface area contributed by atoms with Crippen LogP contribution in [0.4, 0.5) is 9.18 Å². The molecule has 2 atom stereocenters. The zero-order valence-corrected chi connectivity index (χ0v) is 12.8. The predicted octanol–water partition coefficient (Wildman–Crippen LogP) is 1.24. The van der Waals surface area contributed by atoms with Crippen LogP contribution in [-0.2, 0) is 11.3 Å². The molecule has 4 N–H and O–H groups in total. The van der Waals surface area contributed by atoms with Crippen molar-refractivity contribution in [3.8, 4) is 0 Å².